The van der Waals surface area contributed by atoms with Crippen molar-refractivity contribution < 1.29 is 14.3 Å². The highest BCUT2D eigenvalue weighted by Gasteiger charge is 2.25. The van der Waals surface area contributed by atoms with Crippen molar-refractivity contribution in [3.8, 4) is 11.8 Å². The molecule has 1 N–H and O–H groups in total. The van der Waals surface area contributed by atoms with Gasteiger partial charge in [-0.3, -0.25) is 4.98 Å². The Hall–Kier alpha value is -2.83. The first-order valence-corrected chi connectivity index (χ1v) is 7.88. The summed E-state index contributed by atoms with van der Waals surface area (Å²) in [7, 11) is 1.53. The zero-order valence-corrected chi connectivity index (χ0v) is 13.5. The molecule has 1 aromatic heterocycles. The van der Waals surface area contributed by atoms with E-state index in [9.17, 15) is 4.79 Å². The number of amides is 2. The summed E-state index contributed by atoms with van der Waals surface area (Å²) < 4.78 is 10.9. The summed E-state index contributed by atoms with van der Waals surface area (Å²) in [5.74, 6) is 0.812. The number of nitrogens with zero attached hydrogens (tertiary/aromatic N) is 3. The number of likely N-dealkylation sites (tertiary alicyclic amines) is 1. The predicted octanol–water partition coefficient (Wildman–Crippen LogP) is 2.56. The summed E-state index contributed by atoms with van der Waals surface area (Å²) in [5, 5.41) is 2.90. The molecule has 7 heteroatoms. The van der Waals surface area contributed by atoms with Gasteiger partial charge >= 0.3 is 6.03 Å². The maximum atomic E-state index is 12.4. The van der Waals surface area contributed by atoms with E-state index in [0.717, 1.165) is 18.5 Å². The molecule has 0 aliphatic carbocycles. The Balaban J connectivity index is 1.58. The standard InChI is InChI=1S/C17H20N4O3/c1-23-15-10-18-11-16(20-15)24-14-8-5-9-21(12-14)17(22)19-13-6-3-2-4-7-13/h2-4,6-7,10-11,14H,5,8-9,12H2,1H3,(H,19,22). The van der Waals surface area contributed by atoms with Crippen molar-refractivity contribution in [2.45, 2.75) is 18.9 Å². The Kier molecular flexibility index (Phi) is 5.10. The summed E-state index contributed by atoms with van der Waals surface area (Å²) in [6.07, 6.45) is 4.71. The van der Waals surface area contributed by atoms with Crippen molar-refractivity contribution in [3.05, 3.63) is 42.7 Å². The van der Waals surface area contributed by atoms with Gasteiger partial charge in [-0.25, -0.2) is 4.79 Å². The molecule has 0 spiro atoms. The van der Waals surface area contributed by atoms with E-state index in [1.165, 1.54) is 13.3 Å². The van der Waals surface area contributed by atoms with Crippen LogP contribution in [-0.2, 0) is 0 Å². The van der Waals surface area contributed by atoms with Crippen LogP contribution in [0.4, 0.5) is 10.5 Å². The highest BCUT2D eigenvalue weighted by atomic mass is 16.5. The number of methoxy groups -OCH3 is 1. The summed E-state index contributed by atoms with van der Waals surface area (Å²) in [6, 6.07) is 9.29. The van der Waals surface area contributed by atoms with Crippen molar-refractivity contribution >= 4 is 11.7 Å². The minimum Gasteiger partial charge on any atom is -0.480 e. The van der Waals surface area contributed by atoms with Crippen LogP contribution in [0.1, 0.15) is 12.8 Å². The van der Waals surface area contributed by atoms with Gasteiger partial charge in [0, 0.05) is 12.2 Å². The molecule has 1 atom stereocenters. The fourth-order valence-electron chi connectivity index (χ4n) is 2.60. The average molecular weight is 328 g/mol. The molecule has 126 valence electrons. The van der Waals surface area contributed by atoms with Crippen LogP contribution in [0.5, 0.6) is 11.8 Å². The third-order valence-electron chi connectivity index (χ3n) is 3.78. The topological polar surface area (TPSA) is 76.6 Å². The Bertz CT molecular complexity index is 681. The van der Waals surface area contributed by atoms with Gasteiger partial charge in [0.15, 0.2) is 0 Å². The van der Waals surface area contributed by atoms with Crippen LogP contribution in [0.25, 0.3) is 0 Å². The molecule has 1 saturated heterocycles. The number of hydrogen-bond acceptors (Lipinski definition) is 5. The van der Waals surface area contributed by atoms with E-state index in [0.29, 0.717) is 24.8 Å². The molecule has 0 bridgehead atoms. The summed E-state index contributed by atoms with van der Waals surface area (Å²) in [6.45, 7) is 1.22. The van der Waals surface area contributed by atoms with Gasteiger partial charge in [0.05, 0.1) is 26.0 Å². The molecule has 2 heterocycles. The first-order chi connectivity index (χ1) is 11.7. The number of benzene rings is 1. The SMILES string of the molecule is COc1cncc(OC2CCCN(C(=O)Nc3ccccc3)C2)n1. The highest BCUT2D eigenvalue weighted by molar-refractivity contribution is 5.89. The van der Waals surface area contributed by atoms with Crippen LogP contribution in [0.3, 0.4) is 0 Å². The first-order valence-electron chi connectivity index (χ1n) is 7.88. The van der Waals surface area contributed by atoms with Crippen LogP contribution in [0.2, 0.25) is 0 Å². The molecule has 1 aliphatic rings. The van der Waals surface area contributed by atoms with Crippen LogP contribution in [0, 0.1) is 0 Å². The van der Waals surface area contributed by atoms with Gasteiger partial charge in [-0.05, 0) is 25.0 Å². The van der Waals surface area contributed by atoms with Crippen molar-refractivity contribution in [1.29, 1.82) is 0 Å². The predicted molar refractivity (Wildman–Crippen MR) is 89.3 cm³/mol. The Morgan fingerprint density at radius 2 is 2.04 bits per heavy atom. The number of carbonyl (C=O) groups is 1. The zero-order chi connectivity index (χ0) is 16.8. The molecular formula is C17H20N4O3. The minimum absolute atomic E-state index is 0.110. The molecule has 1 aliphatic heterocycles. The van der Waals surface area contributed by atoms with E-state index in [4.69, 9.17) is 9.47 Å². The molecule has 1 aromatic carbocycles. The number of para-hydroxylation sites is 1. The molecule has 3 rings (SSSR count). The third-order valence-corrected chi connectivity index (χ3v) is 3.78. The molecule has 7 nitrogen and oxygen atoms in total. The minimum atomic E-state index is -0.119. The van der Waals surface area contributed by atoms with E-state index in [-0.39, 0.29) is 12.1 Å². The van der Waals surface area contributed by atoms with Crippen molar-refractivity contribution in [1.82, 2.24) is 14.9 Å². The number of urea groups is 1. The molecule has 1 fully saturated rings. The average Bonchev–Trinajstić information content (AvgIpc) is 2.63. The smallest absolute Gasteiger partial charge is 0.321 e. The van der Waals surface area contributed by atoms with E-state index in [1.54, 1.807) is 11.1 Å². The molecule has 1 unspecified atom stereocenters. The van der Waals surface area contributed by atoms with Crippen molar-refractivity contribution in [2.24, 2.45) is 0 Å². The van der Waals surface area contributed by atoms with Crippen LogP contribution in [0.15, 0.2) is 42.7 Å². The van der Waals surface area contributed by atoms with Gasteiger partial charge < -0.3 is 19.7 Å². The van der Waals surface area contributed by atoms with Gasteiger partial charge in [-0.2, -0.15) is 4.98 Å². The molecule has 24 heavy (non-hydrogen) atoms. The third kappa shape index (κ3) is 4.13. The summed E-state index contributed by atoms with van der Waals surface area (Å²) >= 11 is 0. The monoisotopic (exact) mass is 328 g/mol. The quantitative estimate of drug-likeness (QED) is 0.933. The lowest BCUT2D eigenvalue weighted by Crippen LogP contribution is -2.46. The Morgan fingerprint density at radius 1 is 1.25 bits per heavy atom. The lowest BCUT2D eigenvalue weighted by atomic mass is 10.1. The number of rotatable bonds is 4. The number of piperidine rings is 1. The number of aromatic nitrogens is 2. The maximum absolute atomic E-state index is 12.4. The van der Waals surface area contributed by atoms with Crippen molar-refractivity contribution in [2.75, 3.05) is 25.5 Å². The van der Waals surface area contributed by atoms with E-state index < -0.39 is 0 Å². The first kappa shape index (κ1) is 16.0. The lowest BCUT2D eigenvalue weighted by molar-refractivity contribution is 0.101. The van der Waals surface area contributed by atoms with Crippen molar-refractivity contribution in [3.63, 3.8) is 0 Å². The van der Waals surface area contributed by atoms with Gasteiger partial charge in [0.1, 0.15) is 6.10 Å². The normalized spacial score (nSPS) is 17.2. The van der Waals surface area contributed by atoms with E-state index in [2.05, 4.69) is 15.3 Å². The second kappa shape index (κ2) is 7.63. The maximum Gasteiger partial charge on any atom is 0.321 e. The number of carbonyl (C=O) groups excluding carboxylic acids is 1. The highest BCUT2D eigenvalue weighted by Crippen LogP contribution is 2.19. The Morgan fingerprint density at radius 3 is 2.83 bits per heavy atom. The van der Waals surface area contributed by atoms with E-state index >= 15 is 0 Å². The molecule has 0 saturated carbocycles. The largest absolute Gasteiger partial charge is 0.480 e. The number of nitrogens with one attached hydrogen (secondary N) is 1. The second-order valence-corrected chi connectivity index (χ2v) is 5.52. The number of anilines is 1. The van der Waals surface area contributed by atoms with Crippen LogP contribution in [-0.4, -0.2) is 47.2 Å². The number of ether oxygens (including phenoxy) is 2. The Labute approximate surface area is 140 Å². The molecular weight excluding hydrogens is 308 g/mol. The fraction of sp³-hybridized carbons (Fsp3) is 0.353. The fourth-order valence-corrected chi connectivity index (χ4v) is 2.60. The molecule has 2 amide bonds. The van der Waals surface area contributed by atoms with Gasteiger partial charge in [-0.1, -0.05) is 18.2 Å². The van der Waals surface area contributed by atoms with Crippen LogP contribution >= 0.6 is 0 Å². The van der Waals surface area contributed by atoms with Gasteiger partial charge in [0.2, 0.25) is 11.8 Å². The lowest BCUT2D eigenvalue weighted by Gasteiger charge is -2.32. The summed E-state index contributed by atoms with van der Waals surface area (Å²) in [4.78, 5) is 22.4. The molecule has 2 aromatic rings. The van der Waals surface area contributed by atoms with Gasteiger partial charge in [0.25, 0.3) is 0 Å². The zero-order valence-electron chi connectivity index (χ0n) is 13.5. The van der Waals surface area contributed by atoms with Crippen LogP contribution < -0.4 is 14.8 Å². The van der Waals surface area contributed by atoms with E-state index in [1.807, 2.05) is 30.3 Å². The van der Waals surface area contributed by atoms with Gasteiger partial charge in [-0.15, -0.1) is 0 Å². The second-order valence-electron chi connectivity index (χ2n) is 5.52. The molecule has 0 radical (unpaired) electrons. The number of hydrogen-bond donors (Lipinski definition) is 1. The summed E-state index contributed by atoms with van der Waals surface area (Å²) in [5.41, 5.74) is 0.782.